The smallest absolute Gasteiger partial charge is 0.119 e. The Morgan fingerprint density at radius 1 is 0.900 bits per heavy atom. The van der Waals surface area contributed by atoms with E-state index in [1.165, 1.54) is 16.7 Å². The maximum Gasteiger partial charge on any atom is 0.119 e. The zero-order chi connectivity index (χ0) is 14.8. The number of aromatic hydroxyl groups is 1. The summed E-state index contributed by atoms with van der Waals surface area (Å²) in [6.45, 7) is 8.72. The van der Waals surface area contributed by atoms with E-state index >= 15 is 0 Å². The third-order valence-electron chi connectivity index (χ3n) is 4.24. The molecule has 1 heteroatoms. The Balaban J connectivity index is 2.68. The minimum atomic E-state index is -0.193. The Kier molecular flexibility index (Phi) is 4.17. The SMILES string of the molecule is CCc1ccc(O)c(C(C)(C)c2ccccc2)c1CC. The predicted molar refractivity (Wildman–Crippen MR) is 85.4 cm³/mol. The molecule has 0 amide bonds. The third-order valence-corrected chi connectivity index (χ3v) is 4.24. The molecule has 0 aromatic heterocycles. The standard InChI is InChI=1S/C19H24O/c1-5-14-12-13-17(20)18(16(14)6-2)19(3,4)15-10-8-7-9-11-15/h7-13,20H,5-6H2,1-4H3. The van der Waals surface area contributed by atoms with Gasteiger partial charge in [0.2, 0.25) is 0 Å². The summed E-state index contributed by atoms with van der Waals surface area (Å²) >= 11 is 0. The van der Waals surface area contributed by atoms with Gasteiger partial charge in [0.15, 0.2) is 0 Å². The first-order valence-electron chi connectivity index (χ1n) is 7.42. The quantitative estimate of drug-likeness (QED) is 0.841. The molecule has 0 saturated heterocycles. The summed E-state index contributed by atoms with van der Waals surface area (Å²) in [6, 6.07) is 14.3. The Morgan fingerprint density at radius 2 is 1.55 bits per heavy atom. The van der Waals surface area contributed by atoms with Crippen molar-refractivity contribution in [3.05, 3.63) is 64.7 Å². The van der Waals surface area contributed by atoms with Crippen molar-refractivity contribution in [1.82, 2.24) is 0 Å². The molecule has 0 saturated carbocycles. The minimum absolute atomic E-state index is 0.193. The molecule has 0 heterocycles. The lowest BCUT2D eigenvalue weighted by Crippen LogP contribution is -2.22. The Hall–Kier alpha value is -1.76. The number of rotatable bonds is 4. The van der Waals surface area contributed by atoms with Crippen molar-refractivity contribution >= 4 is 0 Å². The second-order valence-corrected chi connectivity index (χ2v) is 5.80. The summed E-state index contributed by atoms with van der Waals surface area (Å²) < 4.78 is 0. The van der Waals surface area contributed by atoms with Gasteiger partial charge in [0, 0.05) is 11.0 Å². The lowest BCUT2D eigenvalue weighted by Gasteiger charge is -2.30. The molecule has 2 rings (SSSR count). The number of phenolic OH excluding ortho intramolecular Hbond substituents is 1. The van der Waals surface area contributed by atoms with Crippen molar-refractivity contribution in [2.45, 2.75) is 46.0 Å². The van der Waals surface area contributed by atoms with Crippen LogP contribution in [0.15, 0.2) is 42.5 Å². The molecule has 0 radical (unpaired) electrons. The van der Waals surface area contributed by atoms with E-state index in [1.807, 2.05) is 12.1 Å². The van der Waals surface area contributed by atoms with Crippen molar-refractivity contribution in [2.24, 2.45) is 0 Å². The first-order chi connectivity index (χ1) is 9.52. The van der Waals surface area contributed by atoms with Crippen molar-refractivity contribution in [3.8, 4) is 5.75 Å². The average molecular weight is 268 g/mol. The van der Waals surface area contributed by atoms with Crippen LogP contribution >= 0.6 is 0 Å². The Bertz CT molecular complexity index is 582. The summed E-state index contributed by atoms with van der Waals surface area (Å²) in [7, 11) is 0. The van der Waals surface area contributed by atoms with Gasteiger partial charge in [-0.2, -0.15) is 0 Å². The fourth-order valence-electron chi connectivity index (χ4n) is 3.11. The summed E-state index contributed by atoms with van der Waals surface area (Å²) in [4.78, 5) is 0. The molecule has 0 atom stereocenters. The molecule has 106 valence electrons. The van der Waals surface area contributed by atoms with E-state index in [0.29, 0.717) is 5.75 Å². The largest absolute Gasteiger partial charge is 0.508 e. The monoisotopic (exact) mass is 268 g/mol. The predicted octanol–water partition coefficient (Wildman–Crippen LogP) is 4.84. The van der Waals surface area contributed by atoms with E-state index in [0.717, 1.165) is 18.4 Å². The average Bonchev–Trinajstić information content (AvgIpc) is 2.47. The summed E-state index contributed by atoms with van der Waals surface area (Å²) in [6.07, 6.45) is 1.95. The molecule has 1 nitrogen and oxygen atoms in total. The molecule has 2 aromatic carbocycles. The number of benzene rings is 2. The lowest BCUT2D eigenvalue weighted by molar-refractivity contribution is 0.450. The first-order valence-corrected chi connectivity index (χ1v) is 7.42. The van der Waals surface area contributed by atoms with Crippen LogP contribution in [-0.2, 0) is 18.3 Å². The third kappa shape index (κ3) is 2.45. The van der Waals surface area contributed by atoms with Gasteiger partial charge >= 0.3 is 0 Å². The molecule has 0 aliphatic heterocycles. The number of phenols is 1. The van der Waals surface area contributed by atoms with Crippen LogP contribution in [0.5, 0.6) is 5.75 Å². The molecule has 1 N–H and O–H groups in total. The highest BCUT2D eigenvalue weighted by molar-refractivity contribution is 5.52. The van der Waals surface area contributed by atoms with Crippen molar-refractivity contribution < 1.29 is 5.11 Å². The molecule has 0 aliphatic carbocycles. The molecule has 0 unspecified atom stereocenters. The van der Waals surface area contributed by atoms with Gasteiger partial charge in [-0.25, -0.2) is 0 Å². The maximum atomic E-state index is 10.4. The highest BCUT2D eigenvalue weighted by Gasteiger charge is 2.29. The zero-order valence-corrected chi connectivity index (χ0v) is 12.9. The normalized spacial score (nSPS) is 11.6. The van der Waals surface area contributed by atoms with Crippen LogP contribution in [0.3, 0.4) is 0 Å². The van der Waals surface area contributed by atoms with Gasteiger partial charge in [-0.15, -0.1) is 0 Å². The molecule has 0 spiro atoms. The van der Waals surface area contributed by atoms with Gasteiger partial charge in [-0.05, 0) is 35.6 Å². The van der Waals surface area contributed by atoms with Gasteiger partial charge in [-0.3, -0.25) is 0 Å². The van der Waals surface area contributed by atoms with E-state index in [1.54, 1.807) is 0 Å². The van der Waals surface area contributed by atoms with Gasteiger partial charge in [-0.1, -0.05) is 64.1 Å². The molecular formula is C19H24O. The first kappa shape index (κ1) is 14.6. The maximum absolute atomic E-state index is 10.4. The Morgan fingerprint density at radius 3 is 2.10 bits per heavy atom. The van der Waals surface area contributed by atoms with E-state index in [9.17, 15) is 5.11 Å². The number of hydrogen-bond donors (Lipinski definition) is 1. The topological polar surface area (TPSA) is 20.2 Å². The zero-order valence-electron chi connectivity index (χ0n) is 12.9. The van der Waals surface area contributed by atoms with Crippen LogP contribution in [-0.4, -0.2) is 5.11 Å². The van der Waals surface area contributed by atoms with Gasteiger partial charge in [0.05, 0.1) is 0 Å². The van der Waals surface area contributed by atoms with E-state index < -0.39 is 0 Å². The van der Waals surface area contributed by atoms with Crippen LogP contribution in [0.25, 0.3) is 0 Å². The van der Waals surface area contributed by atoms with E-state index in [-0.39, 0.29) is 5.41 Å². The molecule has 0 fully saturated rings. The minimum Gasteiger partial charge on any atom is -0.508 e. The summed E-state index contributed by atoms with van der Waals surface area (Å²) in [5.74, 6) is 0.410. The molecule has 20 heavy (non-hydrogen) atoms. The van der Waals surface area contributed by atoms with Crippen molar-refractivity contribution in [1.29, 1.82) is 0 Å². The van der Waals surface area contributed by atoms with Gasteiger partial charge in [0.25, 0.3) is 0 Å². The fourth-order valence-corrected chi connectivity index (χ4v) is 3.11. The number of hydrogen-bond acceptors (Lipinski definition) is 1. The Labute approximate surface area is 122 Å². The van der Waals surface area contributed by atoms with Gasteiger partial charge in [0.1, 0.15) is 5.75 Å². The molecule has 2 aromatic rings. The highest BCUT2D eigenvalue weighted by atomic mass is 16.3. The van der Waals surface area contributed by atoms with Crippen molar-refractivity contribution in [2.75, 3.05) is 0 Å². The van der Waals surface area contributed by atoms with Crippen LogP contribution in [0.2, 0.25) is 0 Å². The molecular weight excluding hydrogens is 244 g/mol. The second kappa shape index (κ2) is 5.70. The fraction of sp³-hybridized carbons (Fsp3) is 0.368. The van der Waals surface area contributed by atoms with Crippen LogP contribution in [0.4, 0.5) is 0 Å². The van der Waals surface area contributed by atoms with Crippen LogP contribution in [0.1, 0.15) is 49.9 Å². The molecule has 0 aliphatic rings. The molecule has 0 bridgehead atoms. The summed E-state index contributed by atoms with van der Waals surface area (Å²) in [5.41, 5.74) is 4.75. The van der Waals surface area contributed by atoms with E-state index in [4.69, 9.17) is 0 Å². The number of aryl methyl sites for hydroxylation is 1. The lowest BCUT2D eigenvalue weighted by atomic mass is 9.74. The van der Waals surface area contributed by atoms with Crippen LogP contribution in [0, 0.1) is 0 Å². The van der Waals surface area contributed by atoms with Gasteiger partial charge < -0.3 is 5.11 Å². The van der Waals surface area contributed by atoms with Crippen LogP contribution < -0.4 is 0 Å². The highest BCUT2D eigenvalue weighted by Crippen LogP contribution is 2.40. The van der Waals surface area contributed by atoms with E-state index in [2.05, 4.69) is 58.0 Å². The van der Waals surface area contributed by atoms with Crippen molar-refractivity contribution in [3.63, 3.8) is 0 Å². The second-order valence-electron chi connectivity index (χ2n) is 5.80. The summed E-state index contributed by atoms with van der Waals surface area (Å²) in [5, 5.41) is 10.4.